The van der Waals surface area contributed by atoms with Crippen LogP contribution in [0.1, 0.15) is 22.7 Å². The summed E-state index contributed by atoms with van der Waals surface area (Å²) >= 11 is 0. The SMILES string of the molecule is Cc1cccc(CN(C)CC(N)c2ccc(F)cc2F)c1. The molecule has 0 aliphatic heterocycles. The molecule has 0 aromatic heterocycles. The van der Waals surface area contributed by atoms with Gasteiger partial charge in [-0.3, -0.25) is 0 Å². The van der Waals surface area contributed by atoms with Crippen LogP contribution in [0.5, 0.6) is 0 Å². The maximum Gasteiger partial charge on any atom is 0.130 e. The molecule has 0 bridgehead atoms. The van der Waals surface area contributed by atoms with Crippen LogP contribution < -0.4 is 5.73 Å². The number of halogens is 2. The van der Waals surface area contributed by atoms with Crippen LogP contribution in [0.2, 0.25) is 0 Å². The fourth-order valence-corrected chi connectivity index (χ4v) is 2.42. The van der Waals surface area contributed by atoms with Gasteiger partial charge >= 0.3 is 0 Å². The van der Waals surface area contributed by atoms with Crippen molar-refractivity contribution in [3.8, 4) is 0 Å². The van der Waals surface area contributed by atoms with Crippen molar-refractivity contribution in [2.45, 2.75) is 19.5 Å². The molecule has 0 radical (unpaired) electrons. The lowest BCUT2D eigenvalue weighted by Gasteiger charge is -2.22. The van der Waals surface area contributed by atoms with E-state index in [9.17, 15) is 8.78 Å². The molecule has 1 atom stereocenters. The molecule has 0 saturated carbocycles. The van der Waals surface area contributed by atoms with Gasteiger partial charge in [-0.15, -0.1) is 0 Å². The Labute approximate surface area is 124 Å². The molecule has 0 saturated heterocycles. The summed E-state index contributed by atoms with van der Waals surface area (Å²) in [4.78, 5) is 2.03. The van der Waals surface area contributed by atoms with Crippen LogP contribution in [-0.4, -0.2) is 18.5 Å². The van der Waals surface area contributed by atoms with Gasteiger partial charge in [-0.25, -0.2) is 8.78 Å². The van der Waals surface area contributed by atoms with Gasteiger partial charge in [0.15, 0.2) is 0 Å². The van der Waals surface area contributed by atoms with Crippen LogP contribution in [0, 0.1) is 18.6 Å². The molecule has 21 heavy (non-hydrogen) atoms. The average molecular weight is 290 g/mol. The minimum Gasteiger partial charge on any atom is -0.323 e. The van der Waals surface area contributed by atoms with Crippen molar-refractivity contribution in [2.75, 3.05) is 13.6 Å². The van der Waals surface area contributed by atoms with Crippen LogP contribution in [0.3, 0.4) is 0 Å². The average Bonchev–Trinajstić information content (AvgIpc) is 2.38. The zero-order valence-electron chi connectivity index (χ0n) is 12.3. The highest BCUT2D eigenvalue weighted by Crippen LogP contribution is 2.18. The van der Waals surface area contributed by atoms with Crippen LogP contribution in [0.25, 0.3) is 0 Å². The predicted molar refractivity (Wildman–Crippen MR) is 80.8 cm³/mol. The Morgan fingerprint density at radius 1 is 1.14 bits per heavy atom. The molecule has 2 aromatic rings. The lowest BCUT2D eigenvalue weighted by Crippen LogP contribution is -2.29. The van der Waals surface area contributed by atoms with Gasteiger partial charge in [0.2, 0.25) is 0 Å². The number of aryl methyl sites for hydroxylation is 1. The van der Waals surface area contributed by atoms with Crippen LogP contribution >= 0.6 is 0 Å². The first-order valence-electron chi connectivity index (χ1n) is 6.90. The monoisotopic (exact) mass is 290 g/mol. The Morgan fingerprint density at radius 3 is 2.57 bits per heavy atom. The number of hydrogen-bond donors (Lipinski definition) is 1. The Hall–Kier alpha value is -1.78. The molecule has 2 rings (SSSR count). The van der Waals surface area contributed by atoms with E-state index in [2.05, 4.69) is 6.07 Å². The minimum absolute atomic E-state index is 0.340. The minimum atomic E-state index is -0.591. The Morgan fingerprint density at radius 2 is 1.90 bits per heavy atom. The van der Waals surface area contributed by atoms with Gasteiger partial charge < -0.3 is 10.6 Å². The highest BCUT2D eigenvalue weighted by molar-refractivity contribution is 5.23. The van der Waals surface area contributed by atoms with Gasteiger partial charge in [-0.2, -0.15) is 0 Å². The lowest BCUT2D eigenvalue weighted by atomic mass is 10.1. The summed E-state index contributed by atoms with van der Waals surface area (Å²) in [5, 5.41) is 0. The second kappa shape index (κ2) is 6.78. The first-order valence-corrected chi connectivity index (χ1v) is 6.90. The summed E-state index contributed by atoms with van der Waals surface area (Å²) in [6.45, 7) is 3.28. The van der Waals surface area contributed by atoms with Crippen molar-refractivity contribution in [2.24, 2.45) is 5.73 Å². The van der Waals surface area contributed by atoms with Gasteiger partial charge in [-0.1, -0.05) is 35.9 Å². The first kappa shape index (κ1) is 15.6. The quantitative estimate of drug-likeness (QED) is 0.914. The highest BCUT2D eigenvalue weighted by Gasteiger charge is 2.14. The molecule has 2 aromatic carbocycles. The maximum atomic E-state index is 13.7. The van der Waals surface area contributed by atoms with E-state index in [1.165, 1.54) is 23.3 Å². The Balaban J connectivity index is 2.00. The molecule has 0 aliphatic carbocycles. The molecule has 4 heteroatoms. The van der Waals surface area contributed by atoms with Crippen LogP contribution in [0.4, 0.5) is 8.78 Å². The smallest absolute Gasteiger partial charge is 0.130 e. The van der Waals surface area contributed by atoms with Crippen LogP contribution in [-0.2, 0) is 6.54 Å². The fraction of sp³-hybridized carbons (Fsp3) is 0.294. The van der Waals surface area contributed by atoms with Gasteiger partial charge in [-0.05, 0) is 25.6 Å². The normalized spacial score (nSPS) is 12.7. The molecule has 2 nitrogen and oxygen atoms in total. The van der Waals surface area contributed by atoms with E-state index in [0.29, 0.717) is 12.1 Å². The van der Waals surface area contributed by atoms with Crippen molar-refractivity contribution in [1.82, 2.24) is 4.90 Å². The van der Waals surface area contributed by atoms with Crippen molar-refractivity contribution in [3.05, 3.63) is 70.8 Å². The summed E-state index contributed by atoms with van der Waals surface area (Å²) in [5.74, 6) is -1.18. The van der Waals surface area contributed by atoms with Crippen LogP contribution in [0.15, 0.2) is 42.5 Å². The molecular weight excluding hydrogens is 270 g/mol. The van der Waals surface area contributed by atoms with E-state index in [1.807, 2.05) is 37.1 Å². The van der Waals surface area contributed by atoms with Gasteiger partial charge in [0.1, 0.15) is 11.6 Å². The van der Waals surface area contributed by atoms with Gasteiger partial charge in [0.25, 0.3) is 0 Å². The molecular formula is C17H20F2N2. The van der Waals surface area contributed by atoms with E-state index >= 15 is 0 Å². The Kier molecular flexibility index (Phi) is 5.04. The van der Waals surface area contributed by atoms with E-state index in [-0.39, 0.29) is 0 Å². The molecule has 0 fully saturated rings. The van der Waals surface area contributed by atoms with Crippen molar-refractivity contribution >= 4 is 0 Å². The van der Waals surface area contributed by atoms with E-state index in [1.54, 1.807) is 0 Å². The maximum absolute atomic E-state index is 13.7. The zero-order valence-corrected chi connectivity index (χ0v) is 12.3. The second-order valence-corrected chi connectivity index (χ2v) is 5.46. The number of likely N-dealkylation sites (N-methyl/N-ethyl adjacent to an activating group) is 1. The van der Waals surface area contributed by atoms with E-state index in [4.69, 9.17) is 5.73 Å². The standard InChI is InChI=1S/C17H20F2N2/c1-12-4-3-5-13(8-12)10-21(2)11-17(20)15-7-6-14(18)9-16(15)19/h3-9,17H,10-11,20H2,1-2H3. The van der Waals surface area contributed by atoms with Crippen molar-refractivity contribution < 1.29 is 8.78 Å². The third-order valence-corrected chi connectivity index (χ3v) is 3.41. The lowest BCUT2D eigenvalue weighted by molar-refractivity contribution is 0.302. The number of benzene rings is 2. The summed E-state index contributed by atoms with van der Waals surface area (Å²) in [6, 6.07) is 11.3. The summed E-state index contributed by atoms with van der Waals surface area (Å²) in [6.07, 6.45) is 0. The molecule has 0 spiro atoms. The zero-order chi connectivity index (χ0) is 15.4. The third kappa shape index (κ3) is 4.34. The van der Waals surface area contributed by atoms with Crippen molar-refractivity contribution in [3.63, 3.8) is 0 Å². The van der Waals surface area contributed by atoms with Gasteiger partial charge in [0, 0.05) is 30.8 Å². The van der Waals surface area contributed by atoms with E-state index in [0.717, 1.165) is 12.6 Å². The summed E-state index contributed by atoms with van der Waals surface area (Å²) < 4.78 is 26.6. The molecule has 2 N–H and O–H groups in total. The molecule has 0 amide bonds. The second-order valence-electron chi connectivity index (χ2n) is 5.46. The number of rotatable bonds is 5. The van der Waals surface area contributed by atoms with E-state index < -0.39 is 17.7 Å². The third-order valence-electron chi connectivity index (χ3n) is 3.41. The summed E-state index contributed by atoms with van der Waals surface area (Å²) in [7, 11) is 1.93. The van der Waals surface area contributed by atoms with Gasteiger partial charge in [0.05, 0.1) is 0 Å². The number of hydrogen-bond acceptors (Lipinski definition) is 2. The molecule has 1 unspecified atom stereocenters. The molecule has 0 heterocycles. The van der Waals surface area contributed by atoms with Crippen molar-refractivity contribution in [1.29, 1.82) is 0 Å². The number of nitrogens with two attached hydrogens (primary N) is 1. The first-order chi connectivity index (χ1) is 9.95. The number of nitrogens with zero attached hydrogens (tertiary/aromatic N) is 1. The Bertz CT molecular complexity index is 613. The molecule has 112 valence electrons. The highest BCUT2D eigenvalue weighted by atomic mass is 19.1. The largest absolute Gasteiger partial charge is 0.323 e. The summed E-state index contributed by atoms with van der Waals surface area (Å²) in [5.41, 5.74) is 8.75. The molecule has 0 aliphatic rings. The topological polar surface area (TPSA) is 29.3 Å². The predicted octanol–water partition coefficient (Wildman–Crippen LogP) is 3.41. The fourth-order valence-electron chi connectivity index (χ4n) is 2.42.